The van der Waals surface area contributed by atoms with Gasteiger partial charge in [0.25, 0.3) is 0 Å². The fourth-order valence-electron chi connectivity index (χ4n) is 2.10. The summed E-state index contributed by atoms with van der Waals surface area (Å²) in [6.07, 6.45) is 6.81. The Balaban J connectivity index is 2.32. The standard InChI is InChI=1S/C14H16/c1-3-11(4-2)14-9-12-7-5-6-8-13(12)10-14/h3,5-9H,4,10H2,1-2H3/b11-3+. The summed E-state index contributed by atoms with van der Waals surface area (Å²) in [6, 6.07) is 8.66. The molecule has 0 N–H and O–H groups in total. The van der Waals surface area contributed by atoms with E-state index in [4.69, 9.17) is 0 Å². The van der Waals surface area contributed by atoms with Crippen LogP contribution in [0.25, 0.3) is 6.08 Å². The second-order valence-electron chi connectivity index (χ2n) is 3.71. The van der Waals surface area contributed by atoms with Crippen molar-refractivity contribution in [1.82, 2.24) is 0 Å². The summed E-state index contributed by atoms with van der Waals surface area (Å²) in [5, 5.41) is 0. The van der Waals surface area contributed by atoms with Gasteiger partial charge in [0.15, 0.2) is 0 Å². The molecule has 14 heavy (non-hydrogen) atoms. The lowest BCUT2D eigenvalue weighted by atomic mass is 10.0. The molecule has 0 bridgehead atoms. The molecule has 2 rings (SSSR count). The van der Waals surface area contributed by atoms with Crippen molar-refractivity contribution in [3.63, 3.8) is 0 Å². The monoisotopic (exact) mass is 184 g/mol. The molecule has 0 radical (unpaired) electrons. The summed E-state index contributed by atoms with van der Waals surface area (Å²) in [6.45, 7) is 4.35. The number of rotatable bonds is 2. The molecule has 1 aliphatic rings. The van der Waals surface area contributed by atoms with E-state index in [1.54, 1.807) is 0 Å². The van der Waals surface area contributed by atoms with Crippen LogP contribution in [0.4, 0.5) is 0 Å². The van der Waals surface area contributed by atoms with Crippen LogP contribution in [-0.4, -0.2) is 0 Å². The first-order valence-corrected chi connectivity index (χ1v) is 5.29. The summed E-state index contributed by atoms with van der Waals surface area (Å²) < 4.78 is 0. The molecule has 0 aliphatic heterocycles. The maximum atomic E-state index is 2.33. The van der Waals surface area contributed by atoms with Crippen LogP contribution in [0.1, 0.15) is 31.4 Å². The molecule has 0 nitrogen and oxygen atoms in total. The normalized spacial score (nSPS) is 15.3. The maximum absolute atomic E-state index is 2.33. The van der Waals surface area contributed by atoms with Crippen LogP contribution in [0.15, 0.2) is 41.5 Å². The van der Waals surface area contributed by atoms with Crippen molar-refractivity contribution in [3.05, 3.63) is 52.6 Å². The van der Waals surface area contributed by atoms with Gasteiger partial charge in [-0.2, -0.15) is 0 Å². The van der Waals surface area contributed by atoms with E-state index in [9.17, 15) is 0 Å². The van der Waals surface area contributed by atoms with E-state index >= 15 is 0 Å². The number of hydrogen-bond donors (Lipinski definition) is 0. The lowest BCUT2D eigenvalue weighted by Gasteiger charge is -2.04. The number of fused-ring (bicyclic) bond motifs is 1. The molecule has 1 aliphatic carbocycles. The minimum Gasteiger partial charge on any atom is -0.0842 e. The highest BCUT2D eigenvalue weighted by atomic mass is 14.2. The van der Waals surface area contributed by atoms with E-state index in [1.165, 1.54) is 22.3 Å². The van der Waals surface area contributed by atoms with Crippen molar-refractivity contribution < 1.29 is 0 Å². The van der Waals surface area contributed by atoms with Gasteiger partial charge >= 0.3 is 0 Å². The summed E-state index contributed by atoms with van der Waals surface area (Å²) in [7, 11) is 0. The molecule has 0 saturated carbocycles. The highest BCUT2D eigenvalue weighted by molar-refractivity contribution is 5.68. The maximum Gasteiger partial charge on any atom is -0.00170 e. The second-order valence-corrected chi connectivity index (χ2v) is 3.71. The summed E-state index contributed by atoms with van der Waals surface area (Å²) >= 11 is 0. The largest absolute Gasteiger partial charge is 0.0842 e. The van der Waals surface area contributed by atoms with Crippen molar-refractivity contribution in [2.75, 3.05) is 0 Å². The Kier molecular flexibility index (Phi) is 2.53. The van der Waals surface area contributed by atoms with Crippen LogP contribution in [-0.2, 0) is 6.42 Å². The molecule has 0 unspecified atom stereocenters. The van der Waals surface area contributed by atoms with Crippen LogP contribution in [0.5, 0.6) is 0 Å². The summed E-state index contributed by atoms with van der Waals surface area (Å²) in [4.78, 5) is 0. The first kappa shape index (κ1) is 9.26. The summed E-state index contributed by atoms with van der Waals surface area (Å²) in [5.74, 6) is 0. The molecule has 0 atom stereocenters. The van der Waals surface area contributed by atoms with E-state index in [0.29, 0.717) is 0 Å². The number of benzene rings is 1. The fraction of sp³-hybridized carbons (Fsp3) is 0.286. The van der Waals surface area contributed by atoms with Crippen molar-refractivity contribution in [1.29, 1.82) is 0 Å². The predicted octanol–water partition coefficient (Wildman–Crippen LogP) is 3.98. The molecule has 0 heterocycles. The molecule has 0 amide bonds. The van der Waals surface area contributed by atoms with Crippen LogP contribution in [0, 0.1) is 0 Å². The van der Waals surface area contributed by atoms with Gasteiger partial charge in [-0.1, -0.05) is 43.3 Å². The van der Waals surface area contributed by atoms with Gasteiger partial charge in [0, 0.05) is 0 Å². The van der Waals surface area contributed by atoms with Gasteiger partial charge in [0.05, 0.1) is 0 Å². The average Bonchev–Trinajstić information content (AvgIpc) is 2.63. The lowest BCUT2D eigenvalue weighted by Crippen LogP contribution is -1.88. The average molecular weight is 184 g/mol. The molecule has 0 fully saturated rings. The Hall–Kier alpha value is -1.30. The van der Waals surface area contributed by atoms with E-state index in [2.05, 4.69) is 50.3 Å². The van der Waals surface area contributed by atoms with Crippen molar-refractivity contribution >= 4 is 6.08 Å². The second kappa shape index (κ2) is 3.83. The SMILES string of the molecule is C/C=C(\CC)C1=Cc2ccccc2C1. The number of allylic oxidation sites excluding steroid dienone is 3. The Labute approximate surface area is 86.0 Å². The highest BCUT2D eigenvalue weighted by Gasteiger charge is 2.13. The first-order valence-electron chi connectivity index (χ1n) is 5.29. The smallest absolute Gasteiger partial charge is 0.00170 e. The Morgan fingerprint density at radius 2 is 2.14 bits per heavy atom. The zero-order chi connectivity index (χ0) is 9.97. The molecular formula is C14H16. The van der Waals surface area contributed by atoms with Crippen molar-refractivity contribution in [2.45, 2.75) is 26.7 Å². The third-order valence-corrected chi connectivity index (χ3v) is 2.91. The third-order valence-electron chi connectivity index (χ3n) is 2.91. The van der Waals surface area contributed by atoms with Gasteiger partial charge in [0.1, 0.15) is 0 Å². The van der Waals surface area contributed by atoms with Crippen molar-refractivity contribution in [2.24, 2.45) is 0 Å². The lowest BCUT2D eigenvalue weighted by molar-refractivity contribution is 1.06. The first-order chi connectivity index (χ1) is 6.85. The van der Waals surface area contributed by atoms with Crippen LogP contribution < -0.4 is 0 Å². The Morgan fingerprint density at radius 1 is 1.36 bits per heavy atom. The van der Waals surface area contributed by atoms with E-state index in [-0.39, 0.29) is 0 Å². The summed E-state index contributed by atoms with van der Waals surface area (Å²) in [5.41, 5.74) is 5.85. The predicted molar refractivity (Wildman–Crippen MR) is 62.2 cm³/mol. The van der Waals surface area contributed by atoms with Crippen molar-refractivity contribution in [3.8, 4) is 0 Å². The molecular weight excluding hydrogens is 168 g/mol. The Morgan fingerprint density at radius 3 is 2.79 bits per heavy atom. The third kappa shape index (κ3) is 1.52. The topological polar surface area (TPSA) is 0 Å². The molecule has 0 saturated heterocycles. The minimum atomic E-state index is 1.11. The van der Waals surface area contributed by atoms with Gasteiger partial charge in [-0.05, 0) is 42.0 Å². The van der Waals surface area contributed by atoms with Gasteiger partial charge in [-0.25, -0.2) is 0 Å². The zero-order valence-electron chi connectivity index (χ0n) is 8.88. The Bertz CT molecular complexity index is 394. The van der Waals surface area contributed by atoms with Crippen LogP contribution >= 0.6 is 0 Å². The molecule has 0 aromatic heterocycles. The molecule has 0 spiro atoms. The quantitative estimate of drug-likeness (QED) is 0.652. The molecule has 0 heteroatoms. The number of hydrogen-bond acceptors (Lipinski definition) is 0. The van der Waals surface area contributed by atoms with Crippen LogP contribution in [0.2, 0.25) is 0 Å². The zero-order valence-corrected chi connectivity index (χ0v) is 8.88. The highest BCUT2D eigenvalue weighted by Crippen LogP contribution is 2.30. The minimum absolute atomic E-state index is 1.11. The van der Waals surface area contributed by atoms with Crippen LogP contribution in [0.3, 0.4) is 0 Å². The molecule has 1 aromatic rings. The molecule has 72 valence electrons. The van der Waals surface area contributed by atoms with Gasteiger partial charge < -0.3 is 0 Å². The van der Waals surface area contributed by atoms with Gasteiger partial charge in [-0.15, -0.1) is 0 Å². The van der Waals surface area contributed by atoms with E-state index in [0.717, 1.165) is 12.8 Å². The van der Waals surface area contributed by atoms with E-state index < -0.39 is 0 Å². The molecule has 1 aromatic carbocycles. The van der Waals surface area contributed by atoms with Gasteiger partial charge in [-0.3, -0.25) is 0 Å². The van der Waals surface area contributed by atoms with Gasteiger partial charge in [0.2, 0.25) is 0 Å². The van der Waals surface area contributed by atoms with E-state index in [1.807, 2.05) is 0 Å². The fourth-order valence-corrected chi connectivity index (χ4v) is 2.10.